The first-order valence-electron chi connectivity index (χ1n) is 6.34. The molecular weight excluding hydrogens is 278 g/mol. The molecule has 20 heavy (non-hydrogen) atoms. The second kappa shape index (κ2) is 4.86. The van der Waals surface area contributed by atoms with Gasteiger partial charge in [0, 0.05) is 19.0 Å². The molecule has 3 rings (SSSR count). The van der Waals surface area contributed by atoms with Crippen molar-refractivity contribution in [1.82, 2.24) is 20.2 Å². The monoisotopic (exact) mass is 293 g/mol. The van der Waals surface area contributed by atoms with Crippen LogP contribution in [0.4, 0.5) is 5.82 Å². The summed E-state index contributed by atoms with van der Waals surface area (Å²) in [5, 5.41) is 6.77. The fraction of sp³-hybridized carbons (Fsp3) is 0.417. The molecule has 106 valence electrons. The molecule has 1 saturated heterocycles. The predicted molar refractivity (Wildman–Crippen MR) is 73.1 cm³/mol. The summed E-state index contributed by atoms with van der Waals surface area (Å²) in [7, 11) is -3.21. The van der Waals surface area contributed by atoms with E-state index in [0.717, 1.165) is 31.0 Å². The number of sulfone groups is 1. The van der Waals surface area contributed by atoms with Crippen molar-refractivity contribution in [3.63, 3.8) is 0 Å². The largest absolute Gasteiger partial charge is 0.346 e. The molecule has 0 aromatic carbocycles. The Kier molecular flexibility index (Phi) is 3.17. The second-order valence-corrected chi connectivity index (χ2v) is 6.86. The summed E-state index contributed by atoms with van der Waals surface area (Å²) in [5.41, 5.74) is 0. The fourth-order valence-electron chi connectivity index (χ4n) is 2.46. The van der Waals surface area contributed by atoms with Crippen molar-refractivity contribution >= 4 is 15.7 Å². The van der Waals surface area contributed by atoms with E-state index in [9.17, 15) is 8.42 Å². The van der Waals surface area contributed by atoms with Gasteiger partial charge in [0.05, 0.1) is 10.9 Å². The van der Waals surface area contributed by atoms with Crippen molar-refractivity contribution in [3.8, 4) is 0 Å². The molecule has 0 unspecified atom stereocenters. The average Bonchev–Trinajstić information content (AvgIpc) is 3.08. The number of hydrogen-bond acceptors (Lipinski definition) is 6. The molecule has 0 aliphatic carbocycles. The van der Waals surface area contributed by atoms with Crippen molar-refractivity contribution in [2.45, 2.75) is 23.8 Å². The smallest absolute Gasteiger partial charge is 0.177 e. The van der Waals surface area contributed by atoms with Crippen LogP contribution < -0.4 is 4.90 Å². The lowest BCUT2D eigenvalue weighted by Gasteiger charge is -2.23. The molecule has 1 aliphatic rings. The van der Waals surface area contributed by atoms with Crippen LogP contribution in [0.25, 0.3) is 0 Å². The van der Waals surface area contributed by atoms with E-state index in [0.29, 0.717) is 0 Å². The molecule has 1 fully saturated rings. The Bertz CT molecular complexity index is 681. The van der Waals surface area contributed by atoms with Gasteiger partial charge in [-0.15, -0.1) is 0 Å². The van der Waals surface area contributed by atoms with Crippen LogP contribution in [0, 0.1) is 0 Å². The molecule has 0 amide bonds. The number of H-pyrrole nitrogens is 1. The molecule has 7 nitrogen and oxygen atoms in total. The van der Waals surface area contributed by atoms with Gasteiger partial charge < -0.3 is 4.90 Å². The normalized spacial score (nSPS) is 19.4. The van der Waals surface area contributed by atoms with Crippen LogP contribution in [0.2, 0.25) is 0 Å². The third-order valence-corrected chi connectivity index (χ3v) is 4.54. The number of nitrogens with one attached hydrogen (secondary N) is 1. The van der Waals surface area contributed by atoms with E-state index >= 15 is 0 Å². The Morgan fingerprint density at radius 1 is 1.35 bits per heavy atom. The van der Waals surface area contributed by atoms with Gasteiger partial charge in [-0.05, 0) is 25.0 Å². The van der Waals surface area contributed by atoms with Gasteiger partial charge in [-0.3, -0.25) is 5.10 Å². The molecule has 8 heteroatoms. The maximum atomic E-state index is 11.4. The third-order valence-electron chi connectivity index (χ3n) is 3.45. The Morgan fingerprint density at radius 3 is 2.80 bits per heavy atom. The summed E-state index contributed by atoms with van der Waals surface area (Å²) in [4.78, 5) is 10.8. The second-order valence-electron chi connectivity index (χ2n) is 4.85. The van der Waals surface area contributed by atoms with E-state index in [4.69, 9.17) is 0 Å². The Balaban J connectivity index is 1.89. The lowest BCUT2D eigenvalue weighted by Crippen LogP contribution is -2.24. The predicted octanol–water partition coefficient (Wildman–Crippen LogP) is 0.945. The van der Waals surface area contributed by atoms with Gasteiger partial charge in [-0.1, -0.05) is 0 Å². The van der Waals surface area contributed by atoms with Gasteiger partial charge in [0.15, 0.2) is 9.84 Å². The Labute approximate surface area is 117 Å². The number of hydrogen-bond donors (Lipinski definition) is 1. The molecule has 2 aromatic heterocycles. The van der Waals surface area contributed by atoms with Crippen LogP contribution in [-0.2, 0) is 9.84 Å². The van der Waals surface area contributed by atoms with Gasteiger partial charge in [0.2, 0.25) is 0 Å². The summed E-state index contributed by atoms with van der Waals surface area (Å²) >= 11 is 0. The summed E-state index contributed by atoms with van der Waals surface area (Å²) in [6.07, 6.45) is 6.09. The van der Waals surface area contributed by atoms with Crippen LogP contribution in [0.15, 0.2) is 29.6 Å². The number of aromatic amines is 1. The number of pyridine rings is 1. The van der Waals surface area contributed by atoms with Crippen molar-refractivity contribution in [2.24, 2.45) is 0 Å². The minimum Gasteiger partial charge on any atom is -0.346 e. The molecule has 0 saturated carbocycles. The zero-order valence-electron chi connectivity index (χ0n) is 11.0. The lowest BCUT2D eigenvalue weighted by molar-refractivity contribution is 0.601. The molecule has 2 aromatic rings. The lowest BCUT2D eigenvalue weighted by atomic mass is 10.2. The molecular formula is C12H15N5O2S. The quantitative estimate of drug-likeness (QED) is 0.905. The molecule has 3 heterocycles. The first kappa shape index (κ1) is 13.0. The van der Waals surface area contributed by atoms with E-state index in [1.807, 2.05) is 0 Å². The van der Waals surface area contributed by atoms with Crippen LogP contribution in [0.5, 0.6) is 0 Å². The zero-order valence-corrected chi connectivity index (χ0v) is 11.8. The summed E-state index contributed by atoms with van der Waals surface area (Å²) in [6.45, 7) is 0.872. The van der Waals surface area contributed by atoms with Crippen LogP contribution in [0.1, 0.15) is 24.7 Å². The molecule has 1 aliphatic heterocycles. The summed E-state index contributed by atoms with van der Waals surface area (Å²) in [6, 6.07) is 3.45. The summed E-state index contributed by atoms with van der Waals surface area (Å²) < 4.78 is 22.9. The molecule has 0 radical (unpaired) electrons. The number of rotatable bonds is 3. The first-order valence-corrected chi connectivity index (χ1v) is 8.23. The van der Waals surface area contributed by atoms with Crippen molar-refractivity contribution < 1.29 is 8.42 Å². The molecule has 1 N–H and O–H groups in total. The zero-order chi connectivity index (χ0) is 14.2. The van der Waals surface area contributed by atoms with Gasteiger partial charge in [-0.25, -0.2) is 18.4 Å². The number of anilines is 1. The summed E-state index contributed by atoms with van der Waals surface area (Å²) in [5.74, 6) is 1.58. The van der Waals surface area contributed by atoms with E-state index < -0.39 is 9.84 Å². The Hall–Kier alpha value is -1.96. The van der Waals surface area contributed by atoms with E-state index in [-0.39, 0.29) is 10.9 Å². The number of nitrogens with zero attached hydrogens (tertiary/aromatic N) is 4. The van der Waals surface area contributed by atoms with Crippen LogP contribution >= 0.6 is 0 Å². The van der Waals surface area contributed by atoms with Gasteiger partial charge in [-0.2, -0.15) is 5.10 Å². The molecule has 0 spiro atoms. The highest BCUT2D eigenvalue weighted by atomic mass is 32.2. The van der Waals surface area contributed by atoms with Gasteiger partial charge in [0.25, 0.3) is 0 Å². The van der Waals surface area contributed by atoms with Crippen molar-refractivity contribution in [3.05, 3.63) is 30.5 Å². The number of aromatic nitrogens is 4. The minimum absolute atomic E-state index is 0.120. The van der Waals surface area contributed by atoms with E-state index in [1.54, 1.807) is 12.1 Å². The van der Waals surface area contributed by atoms with E-state index in [2.05, 4.69) is 25.1 Å². The SMILES string of the molecule is CS(=O)(=O)c1ccc(N2CCC[C@H]2c2ncn[nH]2)nc1. The van der Waals surface area contributed by atoms with Crippen molar-refractivity contribution in [2.75, 3.05) is 17.7 Å². The fourth-order valence-corrected chi connectivity index (χ4v) is 3.02. The van der Waals surface area contributed by atoms with Gasteiger partial charge in [0.1, 0.15) is 18.0 Å². The van der Waals surface area contributed by atoms with Crippen LogP contribution in [-0.4, -0.2) is 41.4 Å². The maximum absolute atomic E-state index is 11.4. The van der Waals surface area contributed by atoms with Crippen molar-refractivity contribution in [1.29, 1.82) is 0 Å². The van der Waals surface area contributed by atoms with Gasteiger partial charge >= 0.3 is 0 Å². The minimum atomic E-state index is -3.21. The Morgan fingerprint density at radius 2 is 2.20 bits per heavy atom. The highest BCUT2D eigenvalue weighted by molar-refractivity contribution is 7.90. The standard InChI is InChI=1S/C12H15N5O2S/c1-20(18,19)9-4-5-11(13-7-9)17-6-2-3-10(17)12-14-8-15-16-12/h4-5,7-8,10H,2-3,6H2,1H3,(H,14,15,16)/t10-/m0/s1. The highest BCUT2D eigenvalue weighted by Gasteiger charge is 2.29. The first-order chi connectivity index (χ1) is 9.55. The van der Waals surface area contributed by atoms with E-state index in [1.165, 1.54) is 18.8 Å². The maximum Gasteiger partial charge on any atom is 0.177 e. The third kappa shape index (κ3) is 2.38. The van der Waals surface area contributed by atoms with Crippen LogP contribution in [0.3, 0.4) is 0 Å². The average molecular weight is 293 g/mol. The molecule has 1 atom stereocenters. The highest BCUT2D eigenvalue weighted by Crippen LogP contribution is 2.33. The molecule has 0 bridgehead atoms. The topological polar surface area (TPSA) is 91.8 Å².